The lowest BCUT2D eigenvalue weighted by molar-refractivity contribution is 0.584. The zero-order valence-corrected chi connectivity index (χ0v) is 24.6. The number of rotatable bonds is 7. The Morgan fingerprint density at radius 1 is 0.261 bits per heavy atom. The van der Waals surface area contributed by atoms with Crippen LogP contribution in [0.5, 0.6) is 0 Å². The van der Waals surface area contributed by atoms with E-state index in [0.29, 0.717) is 23.6 Å². The van der Waals surface area contributed by atoms with Crippen molar-refractivity contribution >= 4 is 0 Å². The third kappa shape index (κ3) is 5.29. The molecule has 0 aliphatic rings. The molecule has 0 saturated carbocycles. The Kier molecular flexibility index (Phi) is 7.05. The van der Waals surface area contributed by atoms with Crippen LogP contribution in [0.25, 0.3) is 79.2 Å². The van der Waals surface area contributed by atoms with E-state index in [4.69, 9.17) is 8.83 Å². The van der Waals surface area contributed by atoms with Gasteiger partial charge < -0.3 is 8.83 Å². The SMILES string of the molecule is c1ccc(-c2nnc(-c3ccc(-c4ccc(-c5nnc(-c6ccccc6)o5)cc4-c4ccccc4)c(-c4ccccc4)c3)o2)cc1. The van der Waals surface area contributed by atoms with Crippen molar-refractivity contribution in [1.29, 1.82) is 0 Å². The molecule has 0 spiro atoms. The highest BCUT2D eigenvalue weighted by molar-refractivity contribution is 5.94. The van der Waals surface area contributed by atoms with Crippen LogP contribution in [0.15, 0.2) is 167 Å². The molecule has 0 N–H and O–H groups in total. The predicted molar refractivity (Wildman–Crippen MR) is 180 cm³/mol. The van der Waals surface area contributed by atoms with Crippen LogP contribution in [-0.4, -0.2) is 20.4 Å². The lowest BCUT2D eigenvalue weighted by Crippen LogP contribution is -1.92. The zero-order chi connectivity index (χ0) is 30.7. The third-order valence-electron chi connectivity index (χ3n) is 7.88. The summed E-state index contributed by atoms with van der Waals surface area (Å²) in [5.41, 5.74) is 9.83. The highest BCUT2D eigenvalue weighted by atomic mass is 16.4. The fourth-order valence-corrected chi connectivity index (χ4v) is 5.61. The van der Waals surface area contributed by atoms with Gasteiger partial charge in [-0.15, -0.1) is 20.4 Å². The van der Waals surface area contributed by atoms with Crippen LogP contribution in [0.3, 0.4) is 0 Å². The van der Waals surface area contributed by atoms with E-state index in [-0.39, 0.29) is 0 Å². The molecule has 0 fully saturated rings. The molecule has 46 heavy (non-hydrogen) atoms. The van der Waals surface area contributed by atoms with Crippen LogP contribution < -0.4 is 0 Å². The van der Waals surface area contributed by atoms with Crippen molar-refractivity contribution in [3.63, 3.8) is 0 Å². The van der Waals surface area contributed by atoms with E-state index in [2.05, 4.69) is 68.9 Å². The monoisotopic (exact) mass is 594 g/mol. The fraction of sp³-hybridized carbons (Fsp3) is 0. The summed E-state index contributed by atoms with van der Waals surface area (Å²) in [4.78, 5) is 0. The maximum atomic E-state index is 6.14. The molecule has 8 rings (SSSR count). The van der Waals surface area contributed by atoms with Crippen LogP contribution in [0.2, 0.25) is 0 Å². The van der Waals surface area contributed by atoms with Gasteiger partial charge in [-0.2, -0.15) is 0 Å². The Labute approximate surface area is 265 Å². The second-order valence-electron chi connectivity index (χ2n) is 10.8. The molecule has 6 heteroatoms. The van der Waals surface area contributed by atoms with Gasteiger partial charge in [0, 0.05) is 22.3 Å². The summed E-state index contributed by atoms with van der Waals surface area (Å²) in [6.07, 6.45) is 0. The summed E-state index contributed by atoms with van der Waals surface area (Å²) in [5.74, 6) is 1.90. The van der Waals surface area contributed by atoms with Crippen molar-refractivity contribution in [2.75, 3.05) is 0 Å². The van der Waals surface area contributed by atoms with Crippen LogP contribution in [0.4, 0.5) is 0 Å². The zero-order valence-electron chi connectivity index (χ0n) is 24.6. The minimum absolute atomic E-state index is 0.465. The lowest BCUT2D eigenvalue weighted by Gasteiger charge is -2.16. The van der Waals surface area contributed by atoms with E-state index in [1.165, 1.54) is 0 Å². The molecule has 0 unspecified atom stereocenters. The first kappa shape index (κ1) is 27.2. The van der Waals surface area contributed by atoms with E-state index >= 15 is 0 Å². The number of nitrogens with zero attached hydrogens (tertiary/aromatic N) is 4. The topological polar surface area (TPSA) is 77.8 Å². The molecule has 0 aliphatic carbocycles. The lowest BCUT2D eigenvalue weighted by atomic mass is 9.87. The minimum atomic E-state index is 0.465. The average Bonchev–Trinajstić information content (AvgIpc) is 3.84. The van der Waals surface area contributed by atoms with Crippen molar-refractivity contribution in [3.8, 4) is 79.2 Å². The van der Waals surface area contributed by atoms with Crippen LogP contribution in [0.1, 0.15) is 0 Å². The van der Waals surface area contributed by atoms with E-state index in [9.17, 15) is 0 Å². The quantitative estimate of drug-likeness (QED) is 0.183. The van der Waals surface area contributed by atoms with E-state index in [0.717, 1.165) is 55.6 Å². The van der Waals surface area contributed by atoms with E-state index in [1.807, 2.05) is 109 Å². The Morgan fingerprint density at radius 2 is 0.565 bits per heavy atom. The maximum Gasteiger partial charge on any atom is 0.248 e. The summed E-state index contributed by atoms with van der Waals surface area (Å²) in [6.45, 7) is 0. The Balaban J connectivity index is 1.26. The standard InChI is InChI=1S/C40H26N4O2/c1-5-13-27(14-6-1)35-25-31(39-43-41-37(45-39)29-17-9-3-10-18-29)21-23-33(35)34-24-22-32(26-36(34)28-15-7-2-8-16-28)40-44-42-38(46-40)30-19-11-4-12-20-30/h1-26H. The molecule has 2 heterocycles. The first-order valence-electron chi connectivity index (χ1n) is 15.0. The van der Waals surface area contributed by atoms with Gasteiger partial charge in [-0.3, -0.25) is 0 Å². The van der Waals surface area contributed by atoms with Gasteiger partial charge in [-0.05, 0) is 81.9 Å². The molecular formula is C40H26N4O2. The molecule has 0 aliphatic heterocycles. The smallest absolute Gasteiger partial charge is 0.248 e. The van der Waals surface area contributed by atoms with Gasteiger partial charge in [0.05, 0.1) is 0 Å². The highest BCUT2D eigenvalue weighted by Crippen LogP contribution is 2.42. The maximum absolute atomic E-state index is 6.14. The van der Waals surface area contributed by atoms with Crippen molar-refractivity contribution in [2.24, 2.45) is 0 Å². The Morgan fingerprint density at radius 3 is 0.913 bits per heavy atom. The fourth-order valence-electron chi connectivity index (χ4n) is 5.61. The largest absolute Gasteiger partial charge is 0.416 e. The normalized spacial score (nSPS) is 11.0. The van der Waals surface area contributed by atoms with Gasteiger partial charge in [0.25, 0.3) is 0 Å². The van der Waals surface area contributed by atoms with Gasteiger partial charge in [0.15, 0.2) is 0 Å². The second-order valence-corrected chi connectivity index (χ2v) is 10.8. The molecular weight excluding hydrogens is 568 g/mol. The number of aromatic nitrogens is 4. The molecule has 0 atom stereocenters. The predicted octanol–water partition coefficient (Wildman–Crippen LogP) is 10.1. The van der Waals surface area contributed by atoms with Crippen molar-refractivity contribution in [1.82, 2.24) is 20.4 Å². The first-order chi connectivity index (χ1) is 22.8. The molecule has 6 nitrogen and oxygen atoms in total. The number of hydrogen-bond acceptors (Lipinski definition) is 6. The molecule has 2 aromatic heterocycles. The Hall–Kier alpha value is -6.40. The van der Waals surface area contributed by atoms with Gasteiger partial charge in [0.1, 0.15) is 0 Å². The summed E-state index contributed by atoms with van der Waals surface area (Å²) in [6, 6.07) is 52.9. The van der Waals surface area contributed by atoms with Crippen molar-refractivity contribution < 1.29 is 8.83 Å². The molecule has 0 radical (unpaired) electrons. The average molecular weight is 595 g/mol. The second kappa shape index (κ2) is 11.9. The Bertz CT molecular complexity index is 2080. The molecule has 6 aromatic carbocycles. The summed E-state index contributed by atoms with van der Waals surface area (Å²) in [5, 5.41) is 17.4. The summed E-state index contributed by atoms with van der Waals surface area (Å²) in [7, 11) is 0. The van der Waals surface area contributed by atoms with Crippen LogP contribution in [0, 0.1) is 0 Å². The van der Waals surface area contributed by atoms with E-state index < -0.39 is 0 Å². The molecule has 218 valence electrons. The number of benzene rings is 6. The van der Waals surface area contributed by atoms with Gasteiger partial charge in [-0.25, -0.2) is 0 Å². The van der Waals surface area contributed by atoms with Gasteiger partial charge in [-0.1, -0.05) is 109 Å². The van der Waals surface area contributed by atoms with Crippen LogP contribution >= 0.6 is 0 Å². The number of hydrogen-bond donors (Lipinski definition) is 0. The van der Waals surface area contributed by atoms with Gasteiger partial charge >= 0.3 is 0 Å². The molecule has 0 bridgehead atoms. The third-order valence-corrected chi connectivity index (χ3v) is 7.88. The van der Waals surface area contributed by atoms with Crippen LogP contribution in [-0.2, 0) is 0 Å². The highest BCUT2D eigenvalue weighted by Gasteiger charge is 2.19. The molecule has 0 saturated heterocycles. The van der Waals surface area contributed by atoms with Gasteiger partial charge in [0.2, 0.25) is 23.6 Å². The molecule has 0 amide bonds. The van der Waals surface area contributed by atoms with Crippen molar-refractivity contribution in [3.05, 3.63) is 158 Å². The summed E-state index contributed by atoms with van der Waals surface area (Å²) >= 11 is 0. The van der Waals surface area contributed by atoms with Crippen molar-refractivity contribution in [2.45, 2.75) is 0 Å². The molecule has 8 aromatic rings. The minimum Gasteiger partial charge on any atom is -0.416 e. The summed E-state index contributed by atoms with van der Waals surface area (Å²) < 4.78 is 12.3. The first-order valence-corrected chi connectivity index (χ1v) is 15.0. The van der Waals surface area contributed by atoms with E-state index in [1.54, 1.807) is 0 Å².